The second kappa shape index (κ2) is 9.81. The summed E-state index contributed by atoms with van der Waals surface area (Å²) in [6.07, 6.45) is 5.40. The first-order valence-corrected chi connectivity index (χ1v) is 9.80. The van der Waals surface area contributed by atoms with Crippen LogP contribution in [-0.4, -0.2) is 38.3 Å². The molecule has 5 nitrogen and oxygen atoms in total. The van der Waals surface area contributed by atoms with Gasteiger partial charge in [-0.25, -0.2) is 0 Å². The number of likely N-dealkylation sites (tertiary alicyclic amines) is 1. The first-order chi connectivity index (χ1) is 13.7. The fraction of sp³-hybridized carbons (Fsp3) is 0.348. The largest absolute Gasteiger partial charge is 0.497 e. The molecule has 3 aromatic rings. The van der Waals surface area contributed by atoms with Crippen LogP contribution in [0.15, 0.2) is 57.9 Å². The molecule has 0 aliphatic carbocycles. The summed E-state index contributed by atoms with van der Waals surface area (Å²) in [5, 5.41) is 0.552. The summed E-state index contributed by atoms with van der Waals surface area (Å²) in [5.74, 6) is 1.48. The number of methoxy groups -OCH3 is 1. The van der Waals surface area contributed by atoms with Gasteiger partial charge in [0.2, 0.25) is 0 Å². The lowest BCUT2D eigenvalue weighted by molar-refractivity contribution is 0.183. The van der Waals surface area contributed by atoms with Gasteiger partial charge in [0.05, 0.1) is 18.1 Å². The molecule has 6 heteroatoms. The molecule has 0 amide bonds. The highest BCUT2D eigenvalue weighted by molar-refractivity contribution is 5.85. The quantitative estimate of drug-likeness (QED) is 0.581. The molecule has 0 radical (unpaired) electrons. The van der Waals surface area contributed by atoms with Crippen LogP contribution in [0.2, 0.25) is 0 Å². The molecule has 0 atom stereocenters. The van der Waals surface area contributed by atoms with Gasteiger partial charge >= 0.3 is 0 Å². The summed E-state index contributed by atoms with van der Waals surface area (Å²) >= 11 is 0. The molecule has 1 aromatic heterocycles. The van der Waals surface area contributed by atoms with Crippen molar-refractivity contribution in [1.29, 1.82) is 0 Å². The van der Waals surface area contributed by atoms with Gasteiger partial charge in [0, 0.05) is 12.6 Å². The first-order valence-electron chi connectivity index (χ1n) is 9.80. The number of halogens is 1. The Kier molecular flexibility index (Phi) is 7.18. The SMILES string of the molecule is COc1ccc(-c2coc3cc(OCCN4CCCCC4)ccc3c2=O)cc1.Cl. The molecule has 0 N–H and O–H groups in total. The van der Waals surface area contributed by atoms with E-state index in [4.69, 9.17) is 13.9 Å². The Morgan fingerprint density at radius 1 is 1.00 bits per heavy atom. The van der Waals surface area contributed by atoms with Crippen LogP contribution >= 0.6 is 12.4 Å². The van der Waals surface area contributed by atoms with Gasteiger partial charge in [0.25, 0.3) is 0 Å². The third-order valence-corrected chi connectivity index (χ3v) is 5.27. The first kappa shape index (κ1) is 21.2. The Balaban J connectivity index is 0.00000240. The van der Waals surface area contributed by atoms with E-state index >= 15 is 0 Å². The monoisotopic (exact) mass is 415 g/mol. The Hall–Kier alpha value is -2.50. The fourth-order valence-corrected chi connectivity index (χ4v) is 3.64. The lowest BCUT2D eigenvalue weighted by atomic mass is 10.1. The van der Waals surface area contributed by atoms with Gasteiger partial charge in [0.15, 0.2) is 5.43 Å². The maximum Gasteiger partial charge on any atom is 0.200 e. The summed E-state index contributed by atoms with van der Waals surface area (Å²) in [7, 11) is 1.62. The van der Waals surface area contributed by atoms with Crippen molar-refractivity contribution in [2.75, 3.05) is 33.4 Å². The molecule has 1 aliphatic heterocycles. The zero-order valence-corrected chi connectivity index (χ0v) is 17.4. The fourth-order valence-electron chi connectivity index (χ4n) is 3.64. The Morgan fingerprint density at radius 2 is 1.72 bits per heavy atom. The minimum Gasteiger partial charge on any atom is -0.497 e. The summed E-state index contributed by atoms with van der Waals surface area (Å²) in [4.78, 5) is 15.3. The van der Waals surface area contributed by atoms with E-state index in [9.17, 15) is 4.79 Å². The zero-order chi connectivity index (χ0) is 19.3. The number of hydrogen-bond acceptors (Lipinski definition) is 5. The number of ether oxygens (including phenoxy) is 2. The van der Waals surface area contributed by atoms with Gasteiger partial charge in [-0.15, -0.1) is 12.4 Å². The second-order valence-electron chi connectivity index (χ2n) is 7.12. The van der Waals surface area contributed by atoms with Crippen LogP contribution in [0.5, 0.6) is 11.5 Å². The average Bonchev–Trinajstić information content (AvgIpc) is 2.75. The van der Waals surface area contributed by atoms with Crippen LogP contribution in [0.3, 0.4) is 0 Å². The number of hydrogen-bond donors (Lipinski definition) is 0. The van der Waals surface area contributed by atoms with E-state index in [0.717, 1.165) is 36.7 Å². The number of piperidine rings is 1. The van der Waals surface area contributed by atoms with Crippen molar-refractivity contribution in [2.45, 2.75) is 19.3 Å². The summed E-state index contributed by atoms with van der Waals surface area (Å²) < 4.78 is 16.8. The molecule has 4 rings (SSSR count). The van der Waals surface area contributed by atoms with Crippen molar-refractivity contribution >= 4 is 23.4 Å². The van der Waals surface area contributed by atoms with Gasteiger partial charge in [-0.2, -0.15) is 0 Å². The Labute approximate surface area is 176 Å². The van der Waals surface area contributed by atoms with Gasteiger partial charge in [-0.1, -0.05) is 18.6 Å². The zero-order valence-electron chi connectivity index (χ0n) is 16.6. The van der Waals surface area contributed by atoms with Gasteiger partial charge < -0.3 is 13.9 Å². The van der Waals surface area contributed by atoms with Crippen molar-refractivity contribution < 1.29 is 13.9 Å². The average molecular weight is 416 g/mol. The lowest BCUT2D eigenvalue weighted by Crippen LogP contribution is -2.33. The van der Waals surface area contributed by atoms with E-state index in [-0.39, 0.29) is 17.8 Å². The number of nitrogens with zero attached hydrogens (tertiary/aromatic N) is 1. The van der Waals surface area contributed by atoms with Crippen molar-refractivity contribution in [3.63, 3.8) is 0 Å². The molecular formula is C23H26ClNO4. The van der Waals surface area contributed by atoms with E-state index in [1.807, 2.05) is 30.3 Å². The molecule has 154 valence electrons. The molecule has 2 heterocycles. The molecular weight excluding hydrogens is 390 g/mol. The Morgan fingerprint density at radius 3 is 2.45 bits per heavy atom. The van der Waals surface area contributed by atoms with Gasteiger partial charge in [0.1, 0.15) is 30.0 Å². The van der Waals surface area contributed by atoms with Crippen LogP contribution in [-0.2, 0) is 0 Å². The van der Waals surface area contributed by atoms with Crippen molar-refractivity contribution in [3.8, 4) is 22.6 Å². The van der Waals surface area contributed by atoms with Gasteiger partial charge in [-0.3, -0.25) is 9.69 Å². The maximum atomic E-state index is 12.9. The van der Waals surface area contributed by atoms with E-state index < -0.39 is 0 Å². The second-order valence-corrected chi connectivity index (χ2v) is 7.12. The molecule has 0 unspecified atom stereocenters. The molecule has 29 heavy (non-hydrogen) atoms. The highest BCUT2D eigenvalue weighted by atomic mass is 35.5. The highest BCUT2D eigenvalue weighted by Gasteiger charge is 2.12. The molecule has 1 aliphatic rings. The molecule has 1 saturated heterocycles. The van der Waals surface area contributed by atoms with E-state index in [1.54, 1.807) is 19.2 Å². The van der Waals surface area contributed by atoms with Crippen LogP contribution in [0.1, 0.15) is 19.3 Å². The highest BCUT2D eigenvalue weighted by Crippen LogP contribution is 2.24. The third-order valence-electron chi connectivity index (χ3n) is 5.27. The number of rotatable bonds is 6. The van der Waals surface area contributed by atoms with Crippen molar-refractivity contribution in [1.82, 2.24) is 4.90 Å². The van der Waals surface area contributed by atoms with Crippen LogP contribution in [0.25, 0.3) is 22.1 Å². The van der Waals surface area contributed by atoms with Crippen molar-refractivity contribution in [3.05, 3.63) is 59.0 Å². The van der Waals surface area contributed by atoms with Crippen molar-refractivity contribution in [2.24, 2.45) is 0 Å². The van der Waals surface area contributed by atoms with E-state index in [2.05, 4.69) is 4.90 Å². The van der Waals surface area contributed by atoms with E-state index in [0.29, 0.717) is 23.1 Å². The summed E-state index contributed by atoms with van der Waals surface area (Å²) in [6.45, 7) is 3.88. The standard InChI is InChI=1S/C23H25NO4.ClH/c1-26-18-7-5-17(6-8-18)21-16-28-22-15-19(9-10-20(22)23(21)25)27-14-13-24-11-3-2-4-12-24;/h5-10,15-16H,2-4,11-14H2,1H3;1H. The maximum absolute atomic E-state index is 12.9. The molecule has 0 spiro atoms. The smallest absolute Gasteiger partial charge is 0.200 e. The molecule has 1 fully saturated rings. The topological polar surface area (TPSA) is 51.9 Å². The molecule has 2 aromatic carbocycles. The number of fused-ring (bicyclic) bond motifs is 1. The molecule has 0 bridgehead atoms. The lowest BCUT2D eigenvalue weighted by Gasteiger charge is -2.26. The van der Waals surface area contributed by atoms with Gasteiger partial charge in [-0.05, 0) is 55.8 Å². The number of benzene rings is 2. The summed E-state index contributed by atoms with van der Waals surface area (Å²) in [5.41, 5.74) is 1.83. The predicted molar refractivity (Wildman–Crippen MR) is 118 cm³/mol. The van der Waals surface area contributed by atoms with Crippen LogP contribution < -0.4 is 14.9 Å². The van der Waals surface area contributed by atoms with Crippen LogP contribution in [0.4, 0.5) is 0 Å². The Bertz CT molecular complexity index is 994. The minimum atomic E-state index is -0.0497. The van der Waals surface area contributed by atoms with Crippen LogP contribution in [0, 0.1) is 0 Å². The third kappa shape index (κ3) is 4.92. The van der Waals surface area contributed by atoms with E-state index in [1.165, 1.54) is 25.5 Å². The normalized spacial score (nSPS) is 14.4. The summed E-state index contributed by atoms with van der Waals surface area (Å²) in [6, 6.07) is 12.8. The minimum absolute atomic E-state index is 0. The molecule has 0 saturated carbocycles. The predicted octanol–water partition coefficient (Wildman–Crippen LogP) is 4.76.